The van der Waals surface area contributed by atoms with Gasteiger partial charge in [-0.3, -0.25) is 9.59 Å². The van der Waals surface area contributed by atoms with Gasteiger partial charge >= 0.3 is 0 Å². The molecule has 7 nitrogen and oxygen atoms in total. The lowest BCUT2D eigenvalue weighted by Gasteiger charge is -2.26. The van der Waals surface area contributed by atoms with Gasteiger partial charge in [0.1, 0.15) is 11.5 Å². The zero-order chi connectivity index (χ0) is 20.2. The molecule has 0 bridgehead atoms. The SMILES string of the molecule is O=C(CC1Oc2ccccc2NC1=O)NCCNC1CCc2ccc(O)cc2C1. The highest BCUT2D eigenvalue weighted by Crippen LogP contribution is 2.29. The molecular formula is C22H25N3O4. The number of hydrogen-bond acceptors (Lipinski definition) is 5. The zero-order valence-electron chi connectivity index (χ0n) is 16.1. The van der Waals surface area contributed by atoms with Crippen LogP contribution < -0.4 is 20.7 Å². The Morgan fingerprint density at radius 1 is 1.17 bits per heavy atom. The Labute approximate surface area is 169 Å². The van der Waals surface area contributed by atoms with Crippen LogP contribution in [0.15, 0.2) is 42.5 Å². The molecule has 1 aliphatic carbocycles. The second-order valence-electron chi connectivity index (χ2n) is 7.49. The summed E-state index contributed by atoms with van der Waals surface area (Å²) in [6.07, 6.45) is 2.04. The molecule has 2 unspecified atom stereocenters. The maximum Gasteiger partial charge on any atom is 0.266 e. The molecule has 1 aliphatic heterocycles. The fourth-order valence-electron chi connectivity index (χ4n) is 3.86. The summed E-state index contributed by atoms with van der Waals surface area (Å²) in [5.74, 6) is 0.356. The van der Waals surface area contributed by atoms with E-state index >= 15 is 0 Å². The van der Waals surface area contributed by atoms with Crippen molar-refractivity contribution in [1.29, 1.82) is 0 Å². The third kappa shape index (κ3) is 4.68. The van der Waals surface area contributed by atoms with E-state index in [1.165, 1.54) is 11.1 Å². The number of aromatic hydroxyl groups is 1. The van der Waals surface area contributed by atoms with Gasteiger partial charge in [0.2, 0.25) is 5.91 Å². The number of carbonyl (C=O) groups is 2. The molecule has 0 radical (unpaired) electrons. The smallest absolute Gasteiger partial charge is 0.266 e. The van der Waals surface area contributed by atoms with Crippen LogP contribution in [0.2, 0.25) is 0 Å². The molecule has 0 aromatic heterocycles. The first kappa shape index (κ1) is 19.3. The minimum atomic E-state index is -0.819. The van der Waals surface area contributed by atoms with Crippen molar-refractivity contribution in [2.45, 2.75) is 37.8 Å². The summed E-state index contributed by atoms with van der Waals surface area (Å²) in [7, 11) is 0. The minimum absolute atomic E-state index is 0.0176. The van der Waals surface area contributed by atoms with Gasteiger partial charge in [-0.25, -0.2) is 0 Å². The van der Waals surface area contributed by atoms with Crippen molar-refractivity contribution in [2.75, 3.05) is 18.4 Å². The molecule has 0 saturated carbocycles. The summed E-state index contributed by atoms with van der Waals surface area (Å²) in [6.45, 7) is 1.12. The second kappa shape index (κ2) is 8.53. The number of amides is 2. The van der Waals surface area contributed by atoms with Crippen molar-refractivity contribution in [3.8, 4) is 11.5 Å². The molecule has 29 heavy (non-hydrogen) atoms. The average molecular weight is 395 g/mol. The Hall–Kier alpha value is -3.06. The van der Waals surface area contributed by atoms with Crippen LogP contribution in [0.1, 0.15) is 24.0 Å². The van der Waals surface area contributed by atoms with Gasteiger partial charge in [-0.2, -0.15) is 0 Å². The van der Waals surface area contributed by atoms with E-state index in [2.05, 4.69) is 16.0 Å². The average Bonchev–Trinajstić information content (AvgIpc) is 2.71. The maximum atomic E-state index is 12.2. The molecule has 2 aromatic rings. The van der Waals surface area contributed by atoms with Crippen LogP contribution >= 0.6 is 0 Å². The number of hydrogen-bond donors (Lipinski definition) is 4. The van der Waals surface area contributed by atoms with Crippen molar-refractivity contribution >= 4 is 17.5 Å². The monoisotopic (exact) mass is 395 g/mol. The van der Waals surface area contributed by atoms with E-state index in [1.54, 1.807) is 18.2 Å². The number of carbonyl (C=O) groups excluding carboxylic acids is 2. The van der Waals surface area contributed by atoms with Crippen molar-refractivity contribution in [3.63, 3.8) is 0 Å². The third-order valence-electron chi connectivity index (χ3n) is 5.38. The highest BCUT2D eigenvalue weighted by atomic mass is 16.5. The van der Waals surface area contributed by atoms with Crippen molar-refractivity contribution in [3.05, 3.63) is 53.6 Å². The standard InChI is InChI=1S/C22H25N3O4/c26-17-8-6-14-5-7-16(11-15(14)12-17)23-9-10-24-21(27)13-20-22(28)25-18-3-1-2-4-19(18)29-20/h1-4,6,8,12,16,20,23,26H,5,7,9-11,13H2,(H,24,27)(H,25,28). The molecule has 2 aliphatic rings. The van der Waals surface area contributed by atoms with E-state index in [4.69, 9.17) is 4.74 Å². The van der Waals surface area contributed by atoms with Gasteiger partial charge in [0.25, 0.3) is 5.91 Å². The van der Waals surface area contributed by atoms with E-state index in [-0.39, 0.29) is 18.2 Å². The highest BCUT2D eigenvalue weighted by Gasteiger charge is 2.29. The summed E-state index contributed by atoms with van der Waals surface area (Å²) >= 11 is 0. The van der Waals surface area contributed by atoms with Gasteiger partial charge in [0.05, 0.1) is 12.1 Å². The molecule has 4 N–H and O–H groups in total. The number of rotatable bonds is 6. The molecule has 7 heteroatoms. The number of ether oxygens (including phenoxy) is 1. The number of nitrogens with one attached hydrogen (secondary N) is 3. The molecule has 1 heterocycles. The van der Waals surface area contributed by atoms with E-state index in [0.29, 0.717) is 36.3 Å². The van der Waals surface area contributed by atoms with Crippen LogP contribution in [0.5, 0.6) is 11.5 Å². The lowest BCUT2D eigenvalue weighted by Crippen LogP contribution is -2.43. The maximum absolute atomic E-state index is 12.2. The molecule has 0 spiro atoms. The van der Waals surface area contributed by atoms with Crippen LogP contribution in [-0.4, -0.2) is 42.2 Å². The quantitative estimate of drug-likeness (QED) is 0.559. The molecule has 0 fully saturated rings. The second-order valence-corrected chi connectivity index (χ2v) is 7.49. The molecule has 152 valence electrons. The Morgan fingerprint density at radius 3 is 2.93 bits per heavy atom. The number of phenolic OH excluding ortho intramolecular Hbond substituents is 1. The van der Waals surface area contributed by atoms with E-state index in [0.717, 1.165) is 19.3 Å². The number of anilines is 1. The zero-order valence-corrected chi connectivity index (χ0v) is 16.1. The number of para-hydroxylation sites is 2. The Kier molecular flexibility index (Phi) is 5.67. The van der Waals surface area contributed by atoms with Gasteiger partial charge in [-0.15, -0.1) is 0 Å². The highest BCUT2D eigenvalue weighted by molar-refractivity contribution is 5.99. The number of phenols is 1. The summed E-state index contributed by atoms with van der Waals surface area (Å²) in [6, 6.07) is 13.1. The topological polar surface area (TPSA) is 99.7 Å². The first-order valence-corrected chi connectivity index (χ1v) is 9.96. The van der Waals surface area contributed by atoms with Gasteiger partial charge in [-0.05, 0) is 54.7 Å². The Morgan fingerprint density at radius 2 is 2.03 bits per heavy atom. The molecule has 2 aromatic carbocycles. The van der Waals surface area contributed by atoms with Crippen LogP contribution in [0.25, 0.3) is 0 Å². The first-order chi connectivity index (χ1) is 14.1. The minimum Gasteiger partial charge on any atom is -0.508 e. The fourth-order valence-corrected chi connectivity index (χ4v) is 3.86. The first-order valence-electron chi connectivity index (χ1n) is 9.96. The van der Waals surface area contributed by atoms with E-state index in [9.17, 15) is 14.7 Å². The summed E-state index contributed by atoms with van der Waals surface area (Å²) in [5, 5.41) is 18.7. The number of fused-ring (bicyclic) bond motifs is 2. The fraction of sp³-hybridized carbons (Fsp3) is 0.364. The third-order valence-corrected chi connectivity index (χ3v) is 5.38. The summed E-state index contributed by atoms with van der Waals surface area (Å²) in [4.78, 5) is 24.3. The van der Waals surface area contributed by atoms with Crippen molar-refractivity contribution in [2.24, 2.45) is 0 Å². The predicted molar refractivity (Wildman–Crippen MR) is 109 cm³/mol. The van der Waals surface area contributed by atoms with E-state index in [1.807, 2.05) is 24.3 Å². The molecule has 2 amide bonds. The van der Waals surface area contributed by atoms with Crippen LogP contribution in [0.4, 0.5) is 5.69 Å². The van der Waals surface area contributed by atoms with Crippen molar-refractivity contribution in [1.82, 2.24) is 10.6 Å². The van der Waals surface area contributed by atoms with Crippen molar-refractivity contribution < 1.29 is 19.4 Å². The number of aryl methyl sites for hydroxylation is 1. The number of benzene rings is 2. The Bertz CT molecular complexity index is 915. The normalized spacial score (nSPS) is 20.1. The molecule has 4 rings (SSSR count). The van der Waals surface area contributed by atoms with Gasteiger partial charge < -0.3 is 25.8 Å². The van der Waals surface area contributed by atoms with Crippen LogP contribution in [0.3, 0.4) is 0 Å². The summed E-state index contributed by atoms with van der Waals surface area (Å²) in [5.41, 5.74) is 3.10. The van der Waals surface area contributed by atoms with E-state index < -0.39 is 6.10 Å². The lowest BCUT2D eigenvalue weighted by molar-refractivity contribution is -0.130. The van der Waals surface area contributed by atoms with Gasteiger partial charge in [0, 0.05) is 19.1 Å². The lowest BCUT2D eigenvalue weighted by atomic mass is 9.88. The Balaban J connectivity index is 1.19. The largest absolute Gasteiger partial charge is 0.508 e. The van der Waals surface area contributed by atoms with Crippen LogP contribution in [0, 0.1) is 0 Å². The van der Waals surface area contributed by atoms with Gasteiger partial charge in [0.15, 0.2) is 6.10 Å². The molecule has 0 saturated heterocycles. The van der Waals surface area contributed by atoms with Crippen LogP contribution in [-0.2, 0) is 22.4 Å². The van der Waals surface area contributed by atoms with Gasteiger partial charge in [-0.1, -0.05) is 18.2 Å². The molecular weight excluding hydrogens is 370 g/mol. The predicted octanol–water partition coefficient (Wildman–Crippen LogP) is 1.75. The summed E-state index contributed by atoms with van der Waals surface area (Å²) < 4.78 is 5.65. The molecule has 2 atom stereocenters.